The Balaban J connectivity index is 1.92. The third kappa shape index (κ3) is 3.99. The maximum Gasteiger partial charge on any atom is 0.416 e. The molecule has 28 heavy (non-hydrogen) atoms. The summed E-state index contributed by atoms with van der Waals surface area (Å²) in [5.74, 6) is -0.662. The number of hydrogen-bond acceptors (Lipinski definition) is 4. The van der Waals surface area contributed by atoms with E-state index in [0.29, 0.717) is 5.69 Å². The highest BCUT2D eigenvalue weighted by molar-refractivity contribution is 7.13. The van der Waals surface area contributed by atoms with Gasteiger partial charge >= 0.3 is 6.18 Å². The summed E-state index contributed by atoms with van der Waals surface area (Å²) in [7, 11) is 0. The molecule has 0 saturated heterocycles. The molecule has 0 fully saturated rings. The Hall–Kier alpha value is -2.94. The average Bonchev–Trinajstić information content (AvgIpc) is 3.16. The average molecular weight is 407 g/mol. The Morgan fingerprint density at radius 2 is 1.86 bits per heavy atom. The molecule has 146 valence electrons. The van der Waals surface area contributed by atoms with Gasteiger partial charge in [-0.3, -0.25) is 9.59 Å². The van der Waals surface area contributed by atoms with Gasteiger partial charge in [-0.15, -0.1) is 11.3 Å². The van der Waals surface area contributed by atoms with Crippen LogP contribution in [0.15, 0.2) is 58.7 Å². The van der Waals surface area contributed by atoms with Crippen molar-refractivity contribution in [3.63, 3.8) is 0 Å². The van der Waals surface area contributed by atoms with Crippen molar-refractivity contribution < 1.29 is 18.0 Å². The maximum absolute atomic E-state index is 12.9. The van der Waals surface area contributed by atoms with Crippen molar-refractivity contribution in [2.75, 3.05) is 5.32 Å². The summed E-state index contributed by atoms with van der Waals surface area (Å²) in [5, 5.41) is 8.58. The van der Waals surface area contributed by atoms with Gasteiger partial charge in [0, 0.05) is 11.8 Å². The highest BCUT2D eigenvalue weighted by atomic mass is 32.1. The maximum atomic E-state index is 12.9. The number of amides is 1. The van der Waals surface area contributed by atoms with Crippen LogP contribution < -0.4 is 10.9 Å². The van der Waals surface area contributed by atoms with E-state index < -0.39 is 28.7 Å². The molecule has 0 aliphatic carbocycles. The van der Waals surface area contributed by atoms with Crippen molar-refractivity contribution in [3.8, 4) is 10.6 Å². The van der Waals surface area contributed by atoms with E-state index in [0.717, 1.165) is 21.7 Å². The molecule has 0 spiro atoms. The van der Waals surface area contributed by atoms with Gasteiger partial charge in [0.15, 0.2) is 0 Å². The molecule has 0 atom stereocenters. The standard InChI is InChI=1S/C19H16F3N3O2S/c1-18(2,17(27)23-13-6-3-5-12(11-13)19(20,21)22)25-16(26)9-8-14(24-25)15-7-4-10-28-15/h3-11H,1-2H3,(H,23,27). The minimum absolute atomic E-state index is 0.0182. The molecule has 3 rings (SSSR count). The lowest BCUT2D eigenvalue weighted by molar-refractivity contribution is -0.137. The normalized spacial score (nSPS) is 12.0. The molecule has 0 saturated carbocycles. The summed E-state index contributed by atoms with van der Waals surface area (Å²) in [6, 6.07) is 10.8. The third-order valence-electron chi connectivity index (χ3n) is 4.11. The van der Waals surface area contributed by atoms with Crippen molar-refractivity contribution in [2.45, 2.75) is 25.6 Å². The van der Waals surface area contributed by atoms with Crippen LogP contribution in [0.3, 0.4) is 0 Å². The number of carbonyl (C=O) groups excluding carboxylic acids is 1. The summed E-state index contributed by atoms with van der Waals surface area (Å²) in [6.45, 7) is 2.95. The van der Waals surface area contributed by atoms with E-state index in [1.165, 1.54) is 43.4 Å². The fourth-order valence-electron chi connectivity index (χ4n) is 2.52. The quantitative estimate of drug-likeness (QED) is 0.699. The number of benzene rings is 1. The Morgan fingerprint density at radius 1 is 1.11 bits per heavy atom. The summed E-state index contributed by atoms with van der Waals surface area (Å²) >= 11 is 1.43. The van der Waals surface area contributed by atoms with Gasteiger partial charge in [0.2, 0.25) is 0 Å². The lowest BCUT2D eigenvalue weighted by atomic mass is 10.0. The first-order valence-electron chi connectivity index (χ1n) is 8.22. The van der Waals surface area contributed by atoms with Crippen LogP contribution in [0.25, 0.3) is 10.6 Å². The van der Waals surface area contributed by atoms with Crippen molar-refractivity contribution in [3.05, 3.63) is 69.8 Å². The number of hydrogen-bond donors (Lipinski definition) is 1. The first-order chi connectivity index (χ1) is 13.1. The van der Waals surface area contributed by atoms with Crippen LogP contribution in [-0.2, 0) is 16.5 Å². The van der Waals surface area contributed by atoms with Crippen LogP contribution in [0.5, 0.6) is 0 Å². The lowest BCUT2D eigenvalue weighted by Crippen LogP contribution is -2.47. The van der Waals surface area contributed by atoms with Gasteiger partial charge in [0.1, 0.15) is 11.2 Å². The smallest absolute Gasteiger partial charge is 0.324 e. The van der Waals surface area contributed by atoms with Gasteiger partial charge in [-0.2, -0.15) is 18.3 Å². The number of anilines is 1. The predicted octanol–water partition coefficient (Wildman–Crippen LogP) is 4.36. The Morgan fingerprint density at radius 3 is 2.50 bits per heavy atom. The van der Waals surface area contributed by atoms with Gasteiger partial charge in [-0.1, -0.05) is 12.1 Å². The van der Waals surface area contributed by atoms with E-state index in [4.69, 9.17) is 0 Å². The molecule has 0 radical (unpaired) electrons. The van der Waals surface area contributed by atoms with E-state index in [2.05, 4.69) is 10.4 Å². The molecule has 5 nitrogen and oxygen atoms in total. The third-order valence-corrected chi connectivity index (χ3v) is 5.00. The molecule has 2 heterocycles. The number of halogens is 3. The first-order valence-corrected chi connectivity index (χ1v) is 9.10. The molecule has 0 aliphatic rings. The lowest BCUT2D eigenvalue weighted by Gasteiger charge is -2.25. The second-order valence-electron chi connectivity index (χ2n) is 6.54. The molecular weight excluding hydrogens is 391 g/mol. The SMILES string of the molecule is CC(C)(C(=O)Nc1cccc(C(F)(F)F)c1)n1nc(-c2cccs2)ccc1=O. The number of alkyl halides is 3. The van der Waals surface area contributed by atoms with E-state index in [1.807, 2.05) is 17.5 Å². The predicted molar refractivity (Wildman–Crippen MR) is 101 cm³/mol. The summed E-state index contributed by atoms with van der Waals surface area (Å²) in [5.41, 5.74) is -2.30. The number of nitrogens with zero attached hydrogens (tertiary/aromatic N) is 2. The Bertz CT molecular complexity index is 1060. The molecule has 0 unspecified atom stereocenters. The van der Waals surface area contributed by atoms with Crippen LogP contribution >= 0.6 is 11.3 Å². The first kappa shape index (κ1) is 19.8. The minimum Gasteiger partial charge on any atom is -0.324 e. The Kier molecular flexibility index (Phi) is 5.12. The molecule has 2 aromatic heterocycles. The number of rotatable bonds is 4. The molecule has 3 aromatic rings. The second-order valence-corrected chi connectivity index (χ2v) is 7.49. The zero-order chi connectivity index (χ0) is 20.5. The summed E-state index contributed by atoms with van der Waals surface area (Å²) in [4.78, 5) is 25.9. The number of thiophene rings is 1. The molecule has 1 aromatic carbocycles. The number of aromatic nitrogens is 2. The van der Waals surface area contributed by atoms with Crippen LogP contribution in [0.4, 0.5) is 18.9 Å². The van der Waals surface area contributed by atoms with Gasteiger partial charge in [-0.05, 0) is 49.6 Å². The molecule has 0 aliphatic heterocycles. The molecule has 1 amide bonds. The van der Waals surface area contributed by atoms with Gasteiger partial charge < -0.3 is 5.32 Å². The van der Waals surface area contributed by atoms with Crippen molar-refractivity contribution in [1.82, 2.24) is 9.78 Å². The fraction of sp³-hybridized carbons (Fsp3) is 0.211. The highest BCUT2D eigenvalue weighted by Crippen LogP contribution is 2.31. The molecule has 0 bridgehead atoms. The van der Waals surface area contributed by atoms with Gasteiger partial charge in [0.05, 0.1) is 10.4 Å². The van der Waals surface area contributed by atoms with E-state index in [9.17, 15) is 22.8 Å². The van der Waals surface area contributed by atoms with E-state index in [-0.39, 0.29) is 5.69 Å². The van der Waals surface area contributed by atoms with Crippen molar-refractivity contribution in [1.29, 1.82) is 0 Å². The minimum atomic E-state index is -4.52. The number of carbonyl (C=O) groups is 1. The summed E-state index contributed by atoms with van der Waals surface area (Å²) in [6.07, 6.45) is -4.52. The summed E-state index contributed by atoms with van der Waals surface area (Å²) < 4.78 is 39.6. The highest BCUT2D eigenvalue weighted by Gasteiger charge is 2.34. The molecule has 1 N–H and O–H groups in total. The monoisotopic (exact) mass is 407 g/mol. The van der Waals surface area contributed by atoms with Crippen LogP contribution in [0, 0.1) is 0 Å². The van der Waals surface area contributed by atoms with Crippen LogP contribution in [0.2, 0.25) is 0 Å². The zero-order valence-corrected chi connectivity index (χ0v) is 15.8. The van der Waals surface area contributed by atoms with Crippen molar-refractivity contribution >= 4 is 22.9 Å². The molecular formula is C19H16F3N3O2S. The van der Waals surface area contributed by atoms with E-state index >= 15 is 0 Å². The van der Waals surface area contributed by atoms with Gasteiger partial charge in [-0.25, -0.2) is 4.68 Å². The topological polar surface area (TPSA) is 64.0 Å². The largest absolute Gasteiger partial charge is 0.416 e. The van der Waals surface area contributed by atoms with Crippen LogP contribution in [0.1, 0.15) is 19.4 Å². The zero-order valence-electron chi connectivity index (χ0n) is 14.9. The van der Waals surface area contributed by atoms with E-state index in [1.54, 1.807) is 6.07 Å². The second kappa shape index (κ2) is 7.23. The molecule has 9 heteroatoms. The number of nitrogens with one attached hydrogen (secondary N) is 1. The fourth-order valence-corrected chi connectivity index (χ4v) is 3.21. The van der Waals surface area contributed by atoms with Crippen molar-refractivity contribution in [2.24, 2.45) is 0 Å². The Labute approximate surface area is 162 Å². The van der Waals surface area contributed by atoms with Crippen LogP contribution in [-0.4, -0.2) is 15.7 Å². The van der Waals surface area contributed by atoms with Gasteiger partial charge in [0.25, 0.3) is 11.5 Å².